The molecule has 0 unspecified atom stereocenters. The van der Waals surface area contributed by atoms with Gasteiger partial charge in [0.05, 0.1) is 13.2 Å². The number of anilines is 1. The second kappa shape index (κ2) is 8.07. The molecule has 0 aliphatic carbocycles. The Hall–Kier alpha value is -1.50. The zero-order chi connectivity index (χ0) is 15.1. The molecule has 1 aromatic rings. The first-order chi connectivity index (χ1) is 10.1. The number of thiocarbonyl (C=S) groups is 1. The molecule has 0 bridgehead atoms. The zero-order valence-corrected chi connectivity index (χ0v) is 12.8. The van der Waals surface area contributed by atoms with Crippen LogP contribution in [0.15, 0.2) is 24.3 Å². The monoisotopic (exact) mass is 307 g/mol. The van der Waals surface area contributed by atoms with Crippen molar-refractivity contribution >= 4 is 28.8 Å². The normalized spacial score (nSPS) is 15.6. The Bertz CT molecular complexity index is 501. The van der Waals surface area contributed by atoms with Crippen LogP contribution in [0.5, 0.6) is 0 Å². The number of hydrogen-bond donors (Lipinski definition) is 2. The van der Waals surface area contributed by atoms with Crippen molar-refractivity contribution < 1.29 is 9.53 Å². The molecule has 1 aliphatic rings. The van der Waals surface area contributed by atoms with Crippen molar-refractivity contribution in [2.24, 2.45) is 5.73 Å². The zero-order valence-electron chi connectivity index (χ0n) is 12.0. The number of hydrogen-bond acceptors (Lipinski definition) is 4. The number of nitrogens with two attached hydrogens (primary N) is 1. The van der Waals surface area contributed by atoms with E-state index in [1.807, 2.05) is 18.2 Å². The molecular formula is C15H21N3O2S. The molecule has 0 atom stereocenters. The number of ether oxygens (including phenoxy) is 1. The molecule has 1 amide bonds. The van der Waals surface area contributed by atoms with Gasteiger partial charge in [0.15, 0.2) is 0 Å². The van der Waals surface area contributed by atoms with Crippen LogP contribution in [0.25, 0.3) is 0 Å². The van der Waals surface area contributed by atoms with Crippen LogP contribution < -0.4 is 11.1 Å². The van der Waals surface area contributed by atoms with Crippen molar-refractivity contribution in [3.63, 3.8) is 0 Å². The number of amides is 1. The number of morpholine rings is 1. The van der Waals surface area contributed by atoms with Crippen LogP contribution in [0.4, 0.5) is 5.69 Å². The summed E-state index contributed by atoms with van der Waals surface area (Å²) in [5.41, 5.74) is 7.07. The molecule has 114 valence electrons. The van der Waals surface area contributed by atoms with E-state index < -0.39 is 0 Å². The molecule has 2 rings (SSSR count). The summed E-state index contributed by atoms with van der Waals surface area (Å²) in [7, 11) is 0. The fourth-order valence-electron chi connectivity index (χ4n) is 2.26. The second-order valence-corrected chi connectivity index (χ2v) is 5.49. The molecule has 0 spiro atoms. The predicted molar refractivity (Wildman–Crippen MR) is 87.5 cm³/mol. The molecule has 0 radical (unpaired) electrons. The highest BCUT2D eigenvalue weighted by Crippen LogP contribution is 2.11. The molecule has 21 heavy (non-hydrogen) atoms. The van der Waals surface area contributed by atoms with Gasteiger partial charge in [0.2, 0.25) is 5.91 Å². The van der Waals surface area contributed by atoms with Gasteiger partial charge in [0, 0.05) is 30.8 Å². The molecule has 5 nitrogen and oxygen atoms in total. The van der Waals surface area contributed by atoms with Gasteiger partial charge in [-0.25, -0.2) is 0 Å². The molecule has 1 fully saturated rings. The maximum Gasteiger partial charge on any atom is 0.224 e. The highest BCUT2D eigenvalue weighted by molar-refractivity contribution is 7.80. The van der Waals surface area contributed by atoms with Gasteiger partial charge in [-0.15, -0.1) is 0 Å². The summed E-state index contributed by atoms with van der Waals surface area (Å²) in [6.07, 6.45) is 1.36. The van der Waals surface area contributed by atoms with Crippen molar-refractivity contribution in [1.82, 2.24) is 4.90 Å². The Balaban J connectivity index is 1.73. The first-order valence-corrected chi connectivity index (χ1v) is 7.56. The Morgan fingerprint density at radius 3 is 2.86 bits per heavy atom. The highest BCUT2D eigenvalue weighted by Gasteiger charge is 2.10. The van der Waals surface area contributed by atoms with E-state index in [9.17, 15) is 4.79 Å². The minimum atomic E-state index is 0.0170. The van der Waals surface area contributed by atoms with E-state index in [2.05, 4.69) is 10.2 Å². The number of nitrogens with zero attached hydrogens (tertiary/aromatic N) is 1. The maximum atomic E-state index is 11.9. The largest absolute Gasteiger partial charge is 0.389 e. The molecule has 1 heterocycles. The maximum absolute atomic E-state index is 11.9. The summed E-state index contributed by atoms with van der Waals surface area (Å²) in [4.78, 5) is 14.6. The van der Waals surface area contributed by atoms with Gasteiger partial charge in [-0.2, -0.15) is 0 Å². The smallest absolute Gasteiger partial charge is 0.224 e. The van der Waals surface area contributed by atoms with Crippen LogP contribution in [0, 0.1) is 0 Å². The van der Waals surface area contributed by atoms with Crippen molar-refractivity contribution in [3.05, 3.63) is 29.8 Å². The lowest BCUT2D eigenvalue weighted by atomic mass is 10.2. The Labute approximate surface area is 130 Å². The van der Waals surface area contributed by atoms with Crippen LogP contribution in [0.3, 0.4) is 0 Å². The van der Waals surface area contributed by atoms with Gasteiger partial charge in [-0.1, -0.05) is 24.4 Å². The van der Waals surface area contributed by atoms with Gasteiger partial charge in [-0.05, 0) is 25.1 Å². The average Bonchev–Trinajstić information content (AvgIpc) is 2.48. The van der Waals surface area contributed by atoms with Crippen LogP contribution in [0.1, 0.15) is 18.4 Å². The summed E-state index contributed by atoms with van der Waals surface area (Å²) in [5.74, 6) is 0.0170. The number of rotatable bonds is 6. The minimum absolute atomic E-state index is 0.0170. The molecule has 3 N–H and O–H groups in total. The quantitative estimate of drug-likeness (QED) is 0.777. The van der Waals surface area contributed by atoms with E-state index >= 15 is 0 Å². The molecular weight excluding hydrogens is 286 g/mol. The van der Waals surface area contributed by atoms with Crippen LogP contribution >= 0.6 is 12.2 Å². The summed E-state index contributed by atoms with van der Waals surface area (Å²) < 4.78 is 5.29. The number of carbonyl (C=O) groups is 1. The van der Waals surface area contributed by atoms with Crippen LogP contribution in [-0.4, -0.2) is 48.6 Å². The standard InChI is InChI=1S/C15H21N3O2S/c16-15(21)12-3-1-4-13(11-12)17-14(19)5-2-6-18-7-9-20-10-8-18/h1,3-4,11H,2,5-10H2,(H2,16,21)(H,17,19). The van der Waals surface area contributed by atoms with E-state index in [1.54, 1.807) is 6.07 Å². The Kier molecular flexibility index (Phi) is 6.10. The third-order valence-electron chi connectivity index (χ3n) is 3.41. The fraction of sp³-hybridized carbons (Fsp3) is 0.467. The van der Waals surface area contributed by atoms with E-state index in [-0.39, 0.29) is 5.91 Å². The van der Waals surface area contributed by atoms with E-state index in [0.717, 1.165) is 50.5 Å². The lowest BCUT2D eigenvalue weighted by molar-refractivity contribution is -0.116. The van der Waals surface area contributed by atoms with E-state index in [1.165, 1.54) is 0 Å². The summed E-state index contributed by atoms with van der Waals surface area (Å²) in [6, 6.07) is 7.29. The lowest BCUT2D eigenvalue weighted by Crippen LogP contribution is -2.37. The Morgan fingerprint density at radius 1 is 1.38 bits per heavy atom. The third-order valence-corrected chi connectivity index (χ3v) is 3.65. The van der Waals surface area contributed by atoms with Crippen molar-refractivity contribution in [2.75, 3.05) is 38.2 Å². The number of benzene rings is 1. The van der Waals surface area contributed by atoms with Gasteiger partial charge in [0.25, 0.3) is 0 Å². The minimum Gasteiger partial charge on any atom is -0.389 e. The average molecular weight is 307 g/mol. The van der Waals surface area contributed by atoms with Crippen molar-refractivity contribution in [1.29, 1.82) is 0 Å². The van der Waals surface area contributed by atoms with E-state index in [4.69, 9.17) is 22.7 Å². The Morgan fingerprint density at radius 2 is 2.14 bits per heavy atom. The van der Waals surface area contributed by atoms with E-state index in [0.29, 0.717) is 11.4 Å². The second-order valence-electron chi connectivity index (χ2n) is 5.05. The number of carbonyl (C=O) groups excluding carboxylic acids is 1. The topological polar surface area (TPSA) is 67.6 Å². The van der Waals surface area contributed by atoms with Crippen molar-refractivity contribution in [2.45, 2.75) is 12.8 Å². The first-order valence-electron chi connectivity index (χ1n) is 7.15. The van der Waals surface area contributed by atoms with Gasteiger partial charge < -0.3 is 15.8 Å². The van der Waals surface area contributed by atoms with Gasteiger partial charge in [0.1, 0.15) is 4.99 Å². The number of nitrogens with one attached hydrogen (secondary N) is 1. The predicted octanol–water partition coefficient (Wildman–Crippen LogP) is 1.37. The molecule has 0 saturated carbocycles. The molecule has 0 aromatic heterocycles. The third kappa shape index (κ3) is 5.41. The molecule has 1 aliphatic heterocycles. The van der Waals surface area contributed by atoms with Gasteiger partial charge >= 0.3 is 0 Å². The molecule has 1 aromatic carbocycles. The van der Waals surface area contributed by atoms with Crippen LogP contribution in [-0.2, 0) is 9.53 Å². The summed E-state index contributed by atoms with van der Waals surface area (Å²) in [6.45, 7) is 4.43. The molecule has 6 heteroatoms. The first kappa shape index (κ1) is 15.9. The summed E-state index contributed by atoms with van der Waals surface area (Å²) in [5, 5.41) is 2.88. The van der Waals surface area contributed by atoms with Crippen molar-refractivity contribution in [3.8, 4) is 0 Å². The SMILES string of the molecule is NC(=S)c1cccc(NC(=O)CCCN2CCOCC2)c1. The highest BCUT2D eigenvalue weighted by atomic mass is 32.1. The summed E-state index contributed by atoms with van der Waals surface area (Å²) >= 11 is 4.93. The fourth-order valence-corrected chi connectivity index (χ4v) is 2.39. The lowest BCUT2D eigenvalue weighted by Gasteiger charge is -2.26. The van der Waals surface area contributed by atoms with Gasteiger partial charge in [-0.3, -0.25) is 9.69 Å². The molecule has 1 saturated heterocycles. The van der Waals surface area contributed by atoms with Crippen LogP contribution in [0.2, 0.25) is 0 Å².